The van der Waals surface area contributed by atoms with Crippen LogP contribution in [0.2, 0.25) is 0 Å². The second kappa shape index (κ2) is 5.83. The Morgan fingerprint density at radius 1 is 1.62 bits per heavy atom. The Bertz CT molecular complexity index is 61.5. The van der Waals surface area contributed by atoms with E-state index in [0.717, 1.165) is 11.8 Å². The van der Waals surface area contributed by atoms with E-state index in [2.05, 4.69) is 38.4 Å². The summed E-state index contributed by atoms with van der Waals surface area (Å²) >= 11 is 6.85. The highest BCUT2D eigenvalue weighted by atomic mass is 79.9. The van der Waals surface area contributed by atoms with Crippen LogP contribution < -0.4 is 0 Å². The summed E-state index contributed by atoms with van der Waals surface area (Å²) in [5.74, 6) is 0. The minimum absolute atomic E-state index is 0.612. The van der Waals surface area contributed by atoms with E-state index in [4.69, 9.17) is 0 Å². The van der Waals surface area contributed by atoms with E-state index < -0.39 is 0 Å². The largest absolute Gasteiger partial charge is 0.103 e. The molecule has 0 bridgehead atoms. The van der Waals surface area contributed by atoms with Crippen LogP contribution in [0.1, 0.15) is 12.8 Å². The van der Waals surface area contributed by atoms with E-state index in [1.807, 2.05) is 6.08 Å². The summed E-state index contributed by atoms with van der Waals surface area (Å²) < 4.78 is 0. The molecule has 0 nitrogen and oxygen atoms in total. The molecule has 0 aliphatic rings. The van der Waals surface area contributed by atoms with Gasteiger partial charge in [-0.2, -0.15) is 0 Å². The van der Waals surface area contributed by atoms with Crippen molar-refractivity contribution in [2.24, 2.45) is 0 Å². The van der Waals surface area contributed by atoms with E-state index >= 15 is 0 Å². The molecular weight excluding hydrogens is 232 g/mol. The molecule has 0 spiro atoms. The zero-order valence-corrected chi connectivity index (χ0v) is 7.91. The topological polar surface area (TPSA) is 0 Å². The van der Waals surface area contributed by atoms with Crippen LogP contribution in [0.3, 0.4) is 0 Å². The first-order chi connectivity index (χ1) is 3.81. The molecule has 0 fully saturated rings. The smallest absolute Gasteiger partial charge is 0.0245 e. The highest BCUT2D eigenvalue weighted by Crippen LogP contribution is 2.10. The molecular formula is C6H10Br2. The Balaban J connectivity index is 2.97. The molecule has 0 amide bonds. The van der Waals surface area contributed by atoms with Gasteiger partial charge in [0.2, 0.25) is 0 Å². The van der Waals surface area contributed by atoms with Gasteiger partial charge in [0.15, 0.2) is 0 Å². The van der Waals surface area contributed by atoms with Gasteiger partial charge in [-0.3, -0.25) is 0 Å². The van der Waals surface area contributed by atoms with Gasteiger partial charge in [0.05, 0.1) is 0 Å². The summed E-state index contributed by atoms with van der Waals surface area (Å²) in [7, 11) is 0. The zero-order valence-electron chi connectivity index (χ0n) is 4.74. The number of rotatable bonds is 4. The highest BCUT2D eigenvalue weighted by molar-refractivity contribution is 9.12. The first kappa shape index (κ1) is 8.70. The Morgan fingerprint density at radius 3 is 2.62 bits per heavy atom. The van der Waals surface area contributed by atoms with Crippen molar-refractivity contribution in [2.75, 3.05) is 5.33 Å². The summed E-state index contributed by atoms with van der Waals surface area (Å²) in [6.07, 6.45) is 4.22. The Kier molecular flexibility index (Phi) is 6.34. The van der Waals surface area contributed by atoms with Crippen molar-refractivity contribution < 1.29 is 0 Å². The fourth-order valence-electron chi connectivity index (χ4n) is 0.376. The van der Waals surface area contributed by atoms with Crippen molar-refractivity contribution in [1.82, 2.24) is 0 Å². The van der Waals surface area contributed by atoms with Gasteiger partial charge in [0.1, 0.15) is 0 Å². The van der Waals surface area contributed by atoms with Gasteiger partial charge in [-0.05, 0) is 12.8 Å². The average Bonchev–Trinajstić information content (AvgIpc) is 1.83. The molecule has 1 atom stereocenters. The summed E-state index contributed by atoms with van der Waals surface area (Å²) in [5.41, 5.74) is 0. The van der Waals surface area contributed by atoms with Gasteiger partial charge >= 0.3 is 0 Å². The Hall–Kier alpha value is 0.700. The molecule has 0 aromatic carbocycles. The second-order valence-corrected chi connectivity index (χ2v) is 3.56. The van der Waals surface area contributed by atoms with Crippen LogP contribution in [0.25, 0.3) is 0 Å². The fourth-order valence-corrected chi connectivity index (χ4v) is 0.964. The molecule has 0 saturated heterocycles. The number of halogens is 2. The van der Waals surface area contributed by atoms with Crippen molar-refractivity contribution >= 4 is 31.9 Å². The molecule has 8 heavy (non-hydrogen) atoms. The average molecular weight is 242 g/mol. The monoisotopic (exact) mass is 240 g/mol. The van der Waals surface area contributed by atoms with E-state index in [1.54, 1.807) is 0 Å². The zero-order chi connectivity index (χ0) is 6.41. The molecule has 0 aliphatic heterocycles. The standard InChI is InChI=1S/C6H10Br2/c1-2-3-4-6(8)5-7/h2,6H,1,3-5H2/t6-/m1/s1. The predicted molar refractivity (Wildman–Crippen MR) is 45.9 cm³/mol. The van der Waals surface area contributed by atoms with Gasteiger partial charge in [-0.15, -0.1) is 6.58 Å². The molecule has 48 valence electrons. The van der Waals surface area contributed by atoms with E-state index in [-0.39, 0.29) is 0 Å². The third-order valence-electron chi connectivity index (χ3n) is 0.851. The number of hydrogen-bond acceptors (Lipinski definition) is 0. The Labute approximate surface area is 67.6 Å². The maximum absolute atomic E-state index is 3.63. The van der Waals surface area contributed by atoms with Crippen molar-refractivity contribution in [3.05, 3.63) is 12.7 Å². The molecule has 0 aromatic heterocycles. The molecule has 0 unspecified atom stereocenters. The lowest BCUT2D eigenvalue weighted by atomic mass is 10.2. The SMILES string of the molecule is C=CCC[C@@H](Br)CBr. The van der Waals surface area contributed by atoms with Gasteiger partial charge in [0.25, 0.3) is 0 Å². The second-order valence-electron chi connectivity index (χ2n) is 1.62. The first-order valence-corrected chi connectivity index (χ1v) is 4.66. The van der Waals surface area contributed by atoms with E-state index in [0.29, 0.717) is 4.83 Å². The lowest BCUT2D eigenvalue weighted by Gasteiger charge is -1.99. The van der Waals surface area contributed by atoms with Crippen LogP contribution in [0.5, 0.6) is 0 Å². The van der Waals surface area contributed by atoms with Crippen LogP contribution in [0.15, 0.2) is 12.7 Å². The summed E-state index contributed by atoms with van der Waals surface area (Å²) in [6, 6.07) is 0. The molecule has 0 radical (unpaired) electrons. The molecule has 0 aliphatic carbocycles. The molecule has 0 aromatic rings. The number of allylic oxidation sites excluding steroid dienone is 1. The van der Waals surface area contributed by atoms with Crippen LogP contribution in [0, 0.1) is 0 Å². The van der Waals surface area contributed by atoms with E-state index in [1.165, 1.54) is 6.42 Å². The van der Waals surface area contributed by atoms with Crippen molar-refractivity contribution in [3.63, 3.8) is 0 Å². The molecule has 0 rings (SSSR count). The lowest BCUT2D eigenvalue weighted by Crippen LogP contribution is -1.96. The minimum atomic E-state index is 0.612. The van der Waals surface area contributed by atoms with Crippen molar-refractivity contribution in [1.29, 1.82) is 0 Å². The number of alkyl halides is 2. The Morgan fingerprint density at radius 2 is 2.25 bits per heavy atom. The van der Waals surface area contributed by atoms with Crippen LogP contribution >= 0.6 is 31.9 Å². The quantitative estimate of drug-likeness (QED) is 0.524. The minimum Gasteiger partial charge on any atom is -0.103 e. The van der Waals surface area contributed by atoms with Gasteiger partial charge in [0, 0.05) is 10.2 Å². The van der Waals surface area contributed by atoms with Gasteiger partial charge in [-0.1, -0.05) is 37.9 Å². The third kappa shape index (κ3) is 4.85. The lowest BCUT2D eigenvalue weighted by molar-refractivity contribution is 0.857. The van der Waals surface area contributed by atoms with E-state index in [9.17, 15) is 0 Å². The summed E-state index contributed by atoms with van der Waals surface area (Å²) in [5, 5.41) is 1.03. The number of hydrogen-bond donors (Lipinski definition) is 0. The third-order valence-corrected chi connectivity index (χ3v) is 3.28. The predicted octanol–water partition coefficient (Wildman–Crippen LogP) is 3.11. The summed E-state index contributed by atoms with van der Waals surface area (Å²) in [4.78, 5) is 0.612. The van der Waals surface area contributed by atoms with Crippen molar-refractivity contribution in [2.45, 2.75) is 17.7 Å². The van der Waals surface area contributed by atoms with Gasteiger partial charge in [-0.25, -0.2) is 0 Å². The van der Waals surface area contributed by atoms with Crippen LogP contribution in [0.4, 0.5) is 0 Å². The molecule has 0 saturated carbocycles. The maximum atomic E-state index is 3.63. The van der Waals surface area contributed by atoms with Gasteiger partial charge < -0.3 is 0 Å². The summed E-state index contributed by atoms with van der Waals surface area (Å²) in [6.45, 7) is 3.63. The first-order valence-electron chi connectivity index (χ1n) is 2.62. The highest BCUT2D eigenvalue weighted by Gasteiger charge is 1.97. The normalized spacial score (nSPS) is 13.2. The van der Waals surface area contributed by atoms with Crippen LogP contribution in [-0.4, -0.2) is 10.2 Å². The van der Waals surface area contributed by atoms with Crippen LogP contribution in [-0.2, 0) is 0 Å². The molecule has 0 heterocycles. The molecule has 0 N–H and O–H groups in total. The van der Waals surface area contributed by atoms with Crippen molar-refractivity contribution in [3.8, 4) is 0 Å². The maximum Gasteiger partial charge on any atom is 0.0245 e. The molecule has 2 heteroatoms. The fraction of sp³-hybridized carbons (Fsp3) is 0.667.